The van der Waals surface area contributed by atoms with Gasteiger partial charge in [-0.15, -0.1) is 24.0 Å². The van der Waals surface area contributed by atoms with Crippen LogP contribution in [0.3, 0.4) is 0 Å². The molecule has 3 rings (SSSR count). The molecule has 1 aliphatic rings. The number of nitrogens with one attached hydrogen (secondary N) is 1. The lowest BCUT2D eigenvalue weighted by Crippen LogP contribution is -2.53. The molecular formula is C22H31IN4O5. The molecule has 1 N–H and O–H groups in total. The number of guanidine groups is 1. The minimum Gasteiger partial charge on any atom is -0.493 e. The molecule has 0 atom stereocenters. The van der Waals surface area contributed by atoms with Crippen molar-refractivity contribution in [3.63, 3.8) is 0 Å². The van der Waals surface area contributed by atoms with Gasteiger partial charge in [0.2, 0.25) is 5.75 Å². The van der Waals surface area contributed by atoms with Crippen LogP contribution in [-0.4, -0.2) is 75.7 Å². The molecule has 0 bridgehead atoms. The first-order valence-electron chi connectivity index (χ1n) is 10.3. The predicted molar refractivity (Wildman–Crippen MR) is 133 cm³/mol. The van der Waals surface area contributed by atoms with Crippen LogP contribution in [0.5, 0.6) is 17.2 Å². The molecule has 10 heteroatoms. The smallest absolute Gasteiger partial charge is 0.289 e. The van der Waals surface area contributed by atoms with Crippen LogP contribution in [0.4, 0.5) is 0 Å². The van der Waals surface area contributed by atoms with Gasteiger partial charge in [-0.25, -0.2) is 4.99 Å². The standard InChI is InChI=1S/C22H30N4O5.HI/c1-5-23-22(24-15-16-13-18(28-2)20(30-4)19(14-16)29-3)26-10-8-25(9-11-26)21(27)17-7-6-12-31-17;/h6-7,12-14H,5,8-11,15H2,1-4H3,(H,23,24);1H. The Morgan fingerprint density at radius 1 is 1.06 bits per heavy atom. The number of hydrogen-bond donors (Lipinski definition) is 1. The highest BCUT2D eigenvalue weighted by molar-refractivity contribution is 14.0. The van der Waals surface area contributed by atoms with Gasteiger partial charge in [0.15, 0.2) is 23.2 Å². The van der Waals surface area contributed by atoms with E-state index < -0.39 is 0 Å². The highest BCUT2D eigenvalue weighted by Crippen LogP contribution is 2.38. The number of piperazine rings is 1. The molecule has 0 aliphatic carbocycles. The van der Waals surface area contributed by atoms with Gasteiger partial charge in [-0.05, 0) is 36.8 Å². The van der Waals surface area contributed by atoms with E-state index in [-0.39, 0.29) is 29.9 Å². The fourth-order valence-electron chi connectivity index (χ4n) is 3.50. The number of halogens is 1. The summed E-state index contributed by atoms with van der Waals surface area (Å²) < 4.78 is 21.5. The van der Waals surface area contributed by atoms with E-state index in [1.165, 1.54) is 6.26 Å². The summed E-state index contributed by atoms with van der Waals surface area (Å²) in [7, 11) is 4.77. The van der Waals surface area contributed by atoms with E-state index in [0.717, 1.165) is 18.1 Å². The molecule has 2 heterocycles. The molecule has 0 radical (unpaired) electrons. The third-order valence-electron chi connectivity index (χ3n) is 5.07. The molecule has 0 saturated carbocycles. The van der Waals surface area contributed by atoms with Gasteiger partial charge in [0.25, 0.3) is 5.91 Å². The lowest BCUT2D eigenvalue weighted by Gasteiger charge is -2.36. The van der Waals surface area contributed by atoms with Gasteiger partial charge >= 0.3 is 0 Å². The Labute approximate surface area is 205 Å². The number of aliphatic imine (C=N–C) groups is 1. The van der Waals surface area contributed by atoms with Crippen molar-refractivity contribution >= 4 is 35.8 Å². The van der Waals surface area contributed by atoms with E-state index in [1.807, 2.05) is 19.1 Å². The summed E-state index contributed by atoms with van der Waals surface area (Å²) in [5.74, 6) is 2.85. The second-order valence-electron chi connectivity index (χ2n) is 6.96. The fraction of sp³-hybridized carbons (Fsp3) is 0.455. The summed E-state index contributed by atoms with van der Waals surface area (Å²) in [6.45, 7) is 5.82. The Morgan fingerprint density at radius 3 is 2.19 bits per heavy atom. The van der Waals surface area contributed by atoms with Gasteiger partial charge in [-0.2, -0.15) is 0 Å². The molecule has 1 amide bonds. The second-order valence-corrected chi connectivity index (χ2v) is 6.96. The van der Waals surface area contributed by atoms with Crippen LogP contribution in [-0.2, 0) is 6.54 Å². The van der Waals surface area contributed by atoms with Crippen molar-refractivity contribution in [2.24, 2.45) is 4.99 Å². The molecule has 1 aliphatic heterocycles. The summed E-state index contributed by atoms with van der Waals surface area (Å²) in [6.07, 6.45) is 1.52. The third kappa shape index (κ3) is 5.99. The zero-order valence-electron chi connectivity index (χ0n) is 18.9. The van der Waals surface area contributed by atoms with Gasteiger partial charge in [-0.3, -0.25) is 4.79 Å². The number of amides is 1. The van der Waals surface area contributed by atoms with Crippen molar-refractivity contribution in [3.8, 4) is 17.2 Å². The van der Waals surface area contributed by atoms with E-state index in [1.54, 1.807) is 38.4 Å². The van der Waals surface area contributed by atoms with Gasteiger partial charge in [0.1, 0.15) is 0 Å². The first kappa shape index (κ1) is 25.6. The van der Waals surface area contributed by atoms with Crippen LogP contribution in [0.2, 0.25) is 0 Å². The van der Waals surface area contributed by atoms with Crippen molar-refractivity contribution in [1.29, 1.82) is 0 Å². The minimum atomic E-state index is -0.0796. The molecule has 0 unspecified atom stereocenters. The van der Waals surface area contributed by atoms with Crippen molar-refractivity contribution in [2.45, 2.75) is 13.5 Å². The average molecular weight is 558 g/mol. The zero-order valence-corrected chi connectivity index (χ0v) is 21.3. The molecule has 1 saturated heterocycles. The van der Waals surface area contributed by atoms with Crippen LogP contribution in [0, 0.1) is 0 Å². The predicted octanol–water partition coefficient (Wildman–Crippen LogP) is 2.85. The number of ether oxygens (including phenoxy) is 3. The maximum atomic E-state index is 12.5. The highest BCUT2D eigenvalue weighted by Gasteiger charge is 2.25. The maximum Gasteiger partial charge on any atom is 0.289 e. The Hall–Kier alpha value is -2.63. The molecule has 32 heavy (non-hydrogen) atoms. The van der Waals surface area contributed by atoms with Crippen molar-refractivity contribution in [2.75, 3.05) is 54.1 Å². The Kier molecular flexibility index (Phi) is 9.95. The number of carbonyl (C=O) groups is 1. The van der Waals surface area contributed by atoms with E-state index in [2.05, 4.69) is 10.2 Å². The normalized spacial score (nSPS) is 13.9. The molecule has 176 valence electrons. The van der Waals surface area contributed by atoms with Gasteiger partial charge < -0.3 is 33.7 Å². The van der Waals surface area contributed by atoms with Gasteiger partial charge in [0.05, 0.1) is 34.1 Å². The molecule has 9 nitrogen and oxygen atoms in total. The summed E-state index contributed by atoms with van der Waals surface area (Å²) in [6, 6.07) is 7.21. The Morgan fingerprint density at radius 2 is 1.69 bits per heavy atom. The van der Waals surface area contributed by atoms with E-state index >= 15 is 0 Å². The van der Waals surface area contributed by atoms with Crippen LogP contribution in [0.15, 0.2) is 39.9 Å². The molecule has 1 aromatic carbocycles. The highest BCUT2D eigenvalue weighted by atomic mass is 127. The number of furan rings is 1. The van der Waals surface area contributed by atoms with Crippen LogP contribution in [0.25, 0.3) is 0 Å². The molecular weight excluding hydrogens is 527 g/mol. The number of hydrogen-bond acceptors (Lipinski definition) is 6. The summed E-state index contributed by atoms with van der Waals surface area (Å²) in [4.78, 5) is 21.2. The summed E-state index contributed by atoms with van der Waals surface area (Å²) in [5.41, 5.74) is 0.941. The first-order valence-corrected chi connectivity index (χ1v) is 10.3. The molecule has 2 aromatic rings. The molecule has 1 aromatic heterocycles. The molecule has 1 fully saturated rings. The van der Waals surface area contributed by atoms with Gasteiger partial charge in [0, 0.05) is 32.7 Å². The number of rotatable bonds is 7. The van der Waals surface area contributed by atoms with E-state index in [4.69, 9.17) is 23.6 Å². The zero-order chi connectivity index (χ0) is 22.2. The summed E-state index contributed by atoms with van der Waals surface area (Å²) >= 11 is 0. The van der Waals surface area contributed by atoms with E-state index in [9.17, 15) is 4.79 Å². The minimum absolute atomic E-state index is 0. The number of nitrogens with zero attached hydrogens (tertiary/aromatic N) is 3. The lowest BCUT2D eigenvalue weighted by molar-refractivity contribution is 0.0657. The van der Waals surface area contributed by atoms with Gasteiger partial charge in [-0.1, -0.05) is 0 Å². The Balaban J connectivity index is 0.00000363. The summed E-state index contributed by atoms with van der Waals surface area (Å²) in [5, 5.41) is 3.34. The fourth-order valence-corrected chi connectivity index (χ4v) is 3.50. The topological polar surface area (TPSA) is 88.8 Å². The monoisotopic (exact) mass is 558 g/mol. The number of benzene rings is 1. The largest absolute Gasteiger partial charge is 0.493 e. The number of carbonyl (C=O) groups excluding carboxylic acids is 1. The van der Waals surface area contributed by atoms with Crippen LogP contribution in [0.1, 0.15) is 23.0 Å². The average Bonchev–Trinajstić information content (AvgIpc) is 3.35. The SMILES string of the molecule is CCNC(=NCc1cc(OC)c(OC)c(OC)c1)N1CCN(C(=O)c2ccco2)CC1.I. The second kappa shape index (κ2) is 12.4. The molecule has 0 spiro atoms. The third-order valence-corrected chi connectivity index (χ3v) is 5.07. The van der Waals surface area contributed by atoms with Crippen molar-refractivity contribution in [1.82, 2.24) is 15.1 Å². The van der Waals surface area contributed by atoms with Crippen LogP contribution < -0.4 is 19.5 Å². The first-order chi connectivity index (χ1) is 15.1. The quantitative estimate of drug-likeness (QED) is 0.318. The van der Waals surface area contributed by atoms with E-state index in [0.29, 0.717) is 55.7 Å². The van der Waals surface area contributed by atoms with Crippen molar-refractivity contribution < 1.29 is 23.4 Å². The lowest BCUT2D eigenvalue weighted by atomic mass is 10.2. The Bertz CT molecular complexity index is 871. The van der Waals surface area contributed by atoms with Crippen molar-refractivity contribution in [3.05, 3.63) is 41.9 Å². The number of methoxy groups -OCH3 is 3. The van der Waals surface area contributed by atoms with Crippen LogP contribution >= 0.6 is 24.0 Å². The maximum absolute atomic E-state index is 12.5.